The quantitative estimate of drug-likeness (QED) is 0.327. The Bertz CT molecular complexity index is 1440. The summed E-state index contributed by atoms with van der Waals surface area (Å²) in [6, 6.07) is 14.9. The third kappa shape index (κ3) is 5.90. The summed E-state index contributed by atoms with van der Waals surface area (Å²) < 4.78 is 39.2. The molecule has 0 bridgehead atoms. The topological polar surface area (TPSA) is 78.5 Å². The lowest BCUT2D eigenvalue weighted by Crippen LogP contribution is -2.32. The van der Waals surface area contributed by atoms with E-state index in [1.807, 2.05) is 0 Å². The van der Waals surface area contributed by atoms with Crippen molar-refractivity contribution in [1.82, 2.24) is 0 Å². The highest BCUT2D eigenvalue weighted by molar-refractivity contribution is 6.53. The van der Waals surface area contributed by atoms with Gasteiger partial charge in [-0.2, -0.15) is 13.2 Å². The molecule has 190 valence electrons. The zero-order chi connectivity index (χ0) is 26.9. The number of nitrogens with one attached hydrogen (secondary N) is 2. The second kappa shape index (κ2) is 10.5. The van der Waals surface area contributed by atoms with Crippen LogP contribution >= 0.6 is 34.8 Å². The van der Waals surface area contributed by atoms with Gasteiger partial charge in [0.05, 0.1) is 27.7 Å². The first-order valence-corrected chi connectivity index (χ1v) is 11.6. The summed E-state index contributed by atoms with van der Waals surface area (Å²) >= 11 is 17.9. The third-order valence-corrected chi connectivity index (χ3v) is 6.34. The molecular weight excluding hydrogens is 554 g/mol. The second-order valence-corrected chi connectivity index (χ2v) is 9.05. The van der Waals surface area contributed by atoms with Crippen LogP contribution in [-0.4, -0.2) is 17.7 Å². The largest absolute Gasteiger partial charge is 0.416 e. The molecule has 3 aromatic carbocycles. The van der Waals surface area contributed by atoms with Gasteiger partial charge < -0.3 is 10.6 Å². The van der Waals surface area contributed by atoms with E-state index in [2.05, 4.69) is 10.6 Å². The molecule has 37 heavy (non-hydrogen) atoms. The molecule has 1 aliphatic heterocycles. The monoisotopic (exact) mass is 567 g/mol. The minimum atomic E-state index is -4.65. The van der Waals surface area contributed by atoms with Crippen LogP contribution in [0, 0.1) is 0 Å². The van der Waals surface area contributed by atoms with Crippen LogP contribution in [0.3, 0.4) is 0 Å². The van der Waals surface area contributed by atoms with E-state index < -0.39 is 28.6 Å². The van der Waals surface area contributed by atoms with Gasteiger partial charge in [0, 0.05) is 11.4 Å². The Morgan fingerprint density at radius 1 is 0.838 bits per heavy atom. The highest BCUT2D eigenvalue weighted by Crippen LogP contribution is 2.35. The first-order valence-electron chi connectivity index (χ1n) is 10.5. The molecule has 4 rings (SSSR count). The van der Waals surface area contributed by atoms with Gasteiger partial charge in [0.1, 0.15) is 10.7 Å². The van der Waals surface area contributed by atoms with Gasteiger partial charge in [-0.3, -0.25) is 14.4 Å². The minimum Gasteiger partial charge on any atom is -0.350 e. The molecule has 0 aliphatic carbocycles. The van der Waals surface area contributed by atoms with Gasteiger partial charge in [-0.15, -0.1) is 0 Å². The first-order chi connectivity index (χ1) is 17.4. The first kappa shape index (κ1) is 26.5. The maximum atomic E-state index is 13.1. The summed E-state index contributed by atoms with van der Waals surface area (Å²) in [5, 5.41) is 5.63. The smallest absolute Gasteiger partial charge is 0.350 e. The van der Waals surface area contributed by atoms with Crippen molar-refractivity contribution in [2.24, 2.45) is 0 Å². The Morgan fingerprint density at radius 2 is 1.51 bits per heavy atom. The highest BCUT2D eigenvalue weighted by atomic mass is 35.5. The lowest BCUT2D eigenvalue weighted by molar-refractivity contribution is -0.137. The molecule has 0 saturated carbocycles. The molecule has 12 heteroatoms. The number of nitrogens with zero attached hydrogens (tertiary/aromatic N) is 1. The van der Waals surface area contributed by atoms with Gasteiger partial charge in [0.2, 0.25) is 5.91 Å². The SMILES string of the molecule is O=C(Cc1ccc(NC2=C(Cl)C(=O)N(c3cccc(C(F)(F)F)c3)C2=O)cc1)Nc1ccc(Cl)c(Cl)c1. The molecule has 2 N–H and O–H groups in total. The Labute approximate surface area is 223 Å². The Morgan fingerprint density at radius 3 is 2.16 bits per heavy atom. The molecule has 0 spiro atoms. The summed E-state index contributed by atoms with van der Waals surface area (Å²) in [6.45, 7) is 0. The number of carbonyl (C=O) groups excluding carboxylic acids is 3. The maximum absolute atomic E-state index is 13.1. The van der Waals surface area contributed by atoms with Crippen LogP contribution in [0.2, 0.25) is 10.0 Å². The van der Waals surface area contributed by atoms with Crippen LogP contribution < -0.4 is 15.5 Å². The number of hydrogen-bond acceptors (Lipinski definition) is 4. The summed E-state index contributed by atoms with van der Waals surface area (Å²) in [7, 11) is 0. The molecule has 0 aromatic heterocycles. The summed E-state index contributed by atoms with van der Waals surface area (Å²) in [5.41, 5.74) is -0.0651. The van der Waals surface area contributed by atoms with Gasteiger partial charge in [-0.1, -0.05) is 53.0 Å². The number of amides is 3. The van der Waals surface area contributed by atoms with Gasteiger partial charge in [0.15, 0.2) is 0 Å². The number of alkyl halides is 3. The second-order valence-electron chi connectivity index (χ2n) is 7.86. The maximum Gasteiger partial charge on any atom is 0.416 e. The normalized spacial score (nSPS) is 13.8. The zero-order valence-electron chi connectivity index (χ0n) is 18.5. The Balaban J connectivity index is 1.43. The molecule has 0 atom stereocenters. The van der Waals surface area contributed by atoms with E-state index in [-0.39, 0.29) is 23.7 Å². The molecule has 1 aliphatic rings. The van der Waals surface area contributed by atoms with Crippen LogP contribution in [0.25, 0.3) is 0 Å². The number of hydrogen-bond donors (Lipinski definition) is 2. The average Bonchev–Trinajstić information content (AvgIpc) is 3.05. The van der Waals surface area contributed by atoms with Crippen LogP contribution in [0.4, 0.5) is 30.2 Å². The summed E-state index contributed by atoms with van der Waals surface area (Å²) in [6.07, 6.45) is -4.62. The molecule has 0 saturated heterocycles. The van der Waals surface area contributed by atoms with Crippen molar-refractivity contribution < 1.29 is 27.6 Å². The number of imide groups is 1. The highest BCUT2D eigenvalue weighted by Gasteiger charge is 2.40. The van der Waals surface area contributed by atoms with Gasteiger partial charge >= 0.3 is 6.18 Å². The molecule has 0 fully saturated rings. The van der Waals surface area contributed by atoms with Gasteiger partial charge in [0.25, 0.3) is 11.8 Å². The third-order valence-electron chi connectivity index (χ3n) is 5.25. The van der Waals surface area contributed by atoms with E-state index in [1.54, 1.807) is 36.4 Å². The fraction of sp³-hybridized carbons (Fsp3) is 0.0800. The van der Waals surface area contributed by atoms with Crippen molar-refractivity contribution in [3.05, 3.63) is 98.6 Å². The molecule has 3 aromatic rings. The number of rotatable bonds is 6. The van der Waals surface area contributed by atoms with Crippen molar-refractivity contribution in [1.29, 1.82) is 0 Å². The predicted molar refractivity (Wildman–Crippen MR) is 136 cm³/mol. The van der Waals surface area contributed by atoms with Crippen molar-refractivity contribution in [2.75, 3.05) is 15.5 Å². The summed E-state index contributed by atoms with van der Waals surface area (Å²) in [4.78, 5) is 38.4. The van der Waals surface area contributed by atoms with Gasteiger partial charge in [-0.25, -0.2) is 4.90 Å². The molecule has 1 heterocycles. The number of halogens is 6. The van der Waals surface area contributed by atoms with Crippen molar-refractivity contribution >= 4 is 69.6 Å². The molecule has 0 unspecified atom stereocenters. The standard InChI is InChI=1S/C25H15Cl3F3N3O3/c26-18-9-8-16(12-19(18)27)32-20(35)10-13-4-6-15(7-5-13)33-22-21(28)23(36)34(24(22)37)17-3-1-2-14(11-17)25(29,30)31/h1-9,11-12,33H,10H2,(H,32,35). The Kier molecular flexibility index (Phi) is 7.49. The predicted octanol–water partition coefficient (Wildman–Crippen LogP) is 6.63. The van der Waals surface area contributed by atoms with Gasteiger partial charge in [-0.05, 0) is 54.1 Å². The number of carbonyl (C=O) groups is 3. The van der Waals surface area contributed by atoms with E-state index in [9.17, 15) is 27.6 Å². The van der Waals surface area contributed by atoms with Crippen LogP contribution in [0.5, 0.6) is 0 Å². The fourth-order valence-electron chi connectivity index (χ4n) is 3.48. The fourth-order valence-corrected chi connectivity index (χ4v) is 3.99. The van der Waals surface area contributed by atoms with E-state index in [0.717, 1.165) is 12.1 Å². The molecule has 3 amide bonds. The number of benzene rings is 3. The van der Waals surface area contributed by atoms with E-state index in [0.29, 0.717) is 37.9 Å². The zero-order valence-corrected chi connectivity index (χ0v) is 20.8. The van der Waals surface area contributed by atoms with Crippen molar-refractivity contribution in [3.63, 3.8) is 0 Å². The average molecular weight is 569 g/mol. The van der Waals surface area contributed by atoms with Crippen LogP contribution in [0.15, 0.2) is 77.5 Å². The van der Waals surface area contributed by atoms with E-state index >= 15 is 0 Å². The minimum absolute atomic E-state index is 0.0325. The van der Waals surface area contributed by atoms with E-state index in [1.165, 1.54) is 12.1 Å². The lowest BCUT2D eigenvalue weighted by Gasteiger charge is -2.17. The van der Waals surface area contributed by atoms with E-state index in [4.69, 9.17) is 34.8 Å². The number of anilines is 3. The molecular formula is C25H15Cl3F3N3O3. The van der Waals surface area contributed by atoms with Crippen LogP contribution in [-0.2, 0) is 27.0 Å². The molecule has 0 radical (unpaired) electrons. The Hall–Kier alpha value is -3.53. The van der Waals surface area contributed by atoms with Crippen molar-refractivity contribution in [3.8, 4) is 0 Å². The van der Waals surface area contributed by atoms with Crippen LogP contribution in [0.1, 0.15) is 11.1 Å². The summed E-state index contributed by atoms with van der Waals surface area (Å²) in [5.74, 6) is -2.17. The molecule has 6 nitrogen and oxygen atoms in total. The lowest BCUT2D eigenvalue weighted by atomic mass is 10.1. The van der Waals surface area contributed by atoms with Crippen molar-refractivity contribution in [2.45, 2.75) is 12.6 Å².